The van der Waals surface area contributed by atoms with Gasteiger partial charge in [-0.05, 0) is 60.2 Å². The van der Waals surface area contributed by atoms with Crippen molar-refractivity contribution in [2.75, 3.05) is 13.7 Å². The molecule has 0 radical (unpaired) electrons. The second kappa shape index (κ2) is 12.1. The summed E-state index contributed by atoms with van der Waals surface area (Å²) in [7, 11) is 1.45. The van der Waals surface area contributed by atoms with Crippen LogP contribution in [0, 0.1) is 0 Å². The van der Waals surface area contributed by atoms with E-state index in [4.69, 9.17) is 9.47 Å². The van der Waals surface area contributed by atoms with Crippen molar-refractivity contribution < 1.29 is 23.9 Å². The number of hydrogen-bond acceptors (Lipinski definition) is 6. The Morgan fingerprint density at radius 2 is 1.59 bits per heavy atom. The van der Waals surface area contributed by atoms with Gasteiger partial charge in [0.25, 0.3) is 11.8 Å². The van der Waals surface area contributed by atoms with Gasteiger partial charge in [-0.2, -0.15) is 5.10 Å². The number of methoxy groups -OCH3 is 1. The van der Waals surface area contributed by atoms with Crippen LogP contribution in [0.15, 0.2) is 80.8 Å². The van der Waals surface area contributed by atoms with Crippen LogP contribution in [0.3, 0.4) is 0 Å². The summed E-state index contributed by atoms with van der Waals surface area (Å²) < 4.78 is 12.3. The first-order valence-corrected chi connectivity index (χ1v) is 11.5. The normalized spacial score (nSPS) is 10.6. The molecule has 0 aromatic heterocycles. The molecule has 0 saturated carbocycles. The highest BCUT2D eigenvalue weighted by molar-refractivity contribution is 9.10. The fourth-order valence-corrected chi connectivity index (χ4v) is 3.53. The number of hydrogen-bond donors (Lipinski definition) is 2. The maximum Gasteiger partial charge on any atom is 0.343 e. The second-order valence-corrected chi connectivity index (χ2v) is 8.63. The van der Waals surface area contributed by atoms with Crippen molar-refractivity contribution >= 4 is 55.9 Å². The van der Waals surface area contributed by atoms with Gasteiger partial charge in [0.2, 0.25) is 0 Å². The van der Waals surface area contributed by atoms with Crippen LogP contribution in [0.1, 0.15) is 26.3 Å². The Hall–Kier alpha value is -3.50. The molecule has 0 aliphatic heterocycles. The van der Waals surface area contributed by atoms with Crippen molar-refractivity contribution in [3.63, 3.8) is 0 Å². The Morgan fingerprint density at radius 1 is 0.912 bits per heavy atom. The zero-order valence-corrected chi connectivity index (χ0v) is 21.1. The van der Waals surface area contributed by atoms with E-state index in [0.717, 1.165) is 8.95 Å². The van der Waals surface area contributed by atoms with Crippen LogP contribution in [0.4, 0.5) is 0 Å². The van der Waals surface area contributed by atoms with E-state index in [1.54, 1.807) is 66.7 Å². The third-order valence-electron chi connectivity index (χ3n) is 4.35. The third-order valence-corrected chi connectivity index (χ3v) is 5.34. The van der Waals surface area contributed by atoms with E-state index in [1.165, 1.54) is 13.3 Å². The number of halogens is 2. The maximum absolute atomic E-state index is 12.4. The number of carbonyl (C=O) groups excluding carboxylic acids is 3. The number of carbonyl (C=O) groups is 3. The van der Waals surface area contributed by atoms with Crippen LogP contribution in [-0.2, 0) is 4.79 Å². The van der Waals surface area contributed by atoms with E-state index in [1.807, 2.05) is 0 Å². The minimum Gasteiger partial charge on any atom is -0.493 e. The Kier molecular flexibility index (Phi) is 8.94. The molecule has 10 heteroatoms. The predicted molar refractivity (Wildman–Crippen MR) is 134 cm³/mol. The van der Waals surface area contributed by atoms with Gasteiger partial charge in [-0.1, -0.05) is 44.0 Å². The number of nitrogens with one attached hydrogen (secondary N) is 2. The van der Waals surface area contributed by atoms with Crippen LogP contribution in [0.2, 0.25) is 0 Å². The van der Waals surface area contributed by atoms with E-state index < -0.39 is 11.9 Å². The molecule has 174 valence electrons. The van der Waals surface area contributed by atoms with Crippen LogP contribution in [-0.4, -0.2) is 37.7 Å². The lowest BCUT2D eigenvalue weighted by molar-refractivity contribution is -0.120. The molecule has 0 aliphatic rings. The van der Waals surface area contributed by atoms with E-state index in [-0.39, 0.29) is 18.2 Å². The van der Waals surface area contributed by atoms with Gasteiger partial charge in [0.1, 0.15) is 0 Å². The van der Waals surface area contributed by atoms with Gasteiger partial charge >= 0.3 is 5.97 Å². The fraction of sp³-hybridized carbons (Fsp3) is 0.0833. The van der Waals surface area contributed by atoms with E-state index in [0.29, 0.717) is 22.4 Å². The molecule has 0 spiro atoms. The molecule has 0 unspecified atom stereocenters. The standard InChI is InChI=1S/C24H19Br2N3O5/c1-33-21-10-15(8-9-20(21)34-24(32)17-5-3-7-19(26)12-17)13-28-29-22(30)14-27-23(31)16-4-2-6-18(25)11-16/h2-13H,14H2,1H3,(H,27,31)(H,29,30)/b28-13+. The average molecular weight is 589 g/mol. The highest BCUT2D eigenvalue weighted by Gasteiger charge is 2.13. The first-order chi connectivity index (χ1) is 16.4. The van der Waals surface area contributed by atoms with Crippen molar-refractivity contribution in [3.05, 3.63) is 92.4 Å². The summed E-state index contributed by atoms with van der Waals surface area (Å²) in [5, 5.41) is 6.40. The van der Waals surface area contributed by atoms with E-state index in [2.05, 4.69) is 47.7 Å². The molecule has 34 heavy (non-hydrogen) atoms. The van der Waals surface area contributed by atoms with Gasteiger partial charge in [0, 0.05) is 14.5 Å². The monoisotopic (exact) mass is 587 g/mol. The minimum atomic E-state index is -0.529. The smallest absolute Gasteiger partial charge is 0.343 e. The minimum absolute atomic E-state index is 0.240. The molecule has 2 amide bonds. The van der Waals surface area contributed by atoms with Crippen molar-refractivity contribution in [3.8, 4) is 11.5 Å². The molecule has 0 aliphatic carbocycles. The zero-order valence-electron chi connectivity index (χ0n) is 17.9. The van der Waals surface area contributed by atoms with Gasteiger partial charge in [-0.3, -0.25) is 9.59 Å². The SMILES string of the molecule is COc1cc(/C=N/NC(=O)CNC(=O)c2cccc(Br)c2)ccc1OC(=O)c1cccc(Br)c1. The molecule has 3 rings (SSSR count). The van der Waals surface area contributed by atoms with Gasteiger partial charge in [0.05, 0.1) is 25.4 Å². The number of hydrazone groups is 1. The Bertz CT molecular complexity index is 1250. The highest BCUT2D eigenvalue weighted by atomic mass is 79.9. The van der Waals surface area contributed by atoms with E-state index >= 15 is 0 Å². The molecule has 0 atom stereocenters. The van der Waals surface area contributed by atoms with Crippen LogP contribution >= 0.6 is 31.9 Å². The molecule has 8 nitrogen and oxygen atoms in total. The predicted octanol–water partition coefficient (Wildman–Crippen LogP) is 4.32. The fourth-order valence-electron chi connectivity index (χ4n) is 2.73. The average Bonchev–Trinajstić information content (AvgIpc) is 2.83. The van der Waals surface area contributed by atoms with Crippen LogP contribution in [0.25, 0.3) is 0 Å². The second-order valence-electron chi connectivity index (χ2n) is 6.80. The topological polar surface area (TPSA) is 106 Å². The van der Waals surface area contributed by atoms with Crippen molar-refractivity contribution in [2.45, 2.75) is 0 Å². The largest absolute Gasteiger partial charge is 0.493 e. The third kappa shape index (κ3) is 7.26. The number of amides is 2. The van der Waals surface area contributed by atoms with Crippen LogP contribution < -0.4 is 20.2 Å². The summed E-state index contributed by atoms with van der Waals surface area (Å²) in [6, 6.07) is 18.5. The van der Waals surface area contributed by atoms with Crippen molar-refractivity contribution in [2.24, 2.45) is 5.10 Å². The zero-order chi connectivity index (χ0) is 24.5. The summed E-state index contributed by atoms with van der Waals surface area (Å²) in [6.45, 7) is -0.240. The van der Waals surface area contributed by atoms with Gasteiger partial charge < -0.3 is 14.8 Å². The van der Waals surface area contributed by atoms with Gasteiger partial charge in [-0.25, -0.2) is 10.2 Å². The first kappa shape index (κ1) is 25.1. The molecular weight excluding hydrogens is 570 g/mol. The molecular formula is C24H19Br2N3O5. The summed E-state index contributed by atoms with van der Waals surface area (Å²) >= 11 is 6.61. The molecule has 0 heterocycles. The number of ether oxygens (including phenoxy) is 2. The Labute approximate surface area is 212 Å². The summed E-state index contributed by atoms with van der Waals surface area (Å²) in [4.78, 5) is 36.4. The highest BCUT2D eigenvalue weighted by Crippen LogP contribution is 2.28. The quantitative estimate of drug-likeness (QED) is 0.176. The molecule has 0 fully saturated rings. The Balaban J connectivity index is 1.54. The number of nitrogens with zero attached hydrogens (tertiary/aromatic N) is 1. The Morgan fingerprint density at radius 3 is 2.26 bits per heavy atom. The number of esters is 1. The molecule has 2 N–H and O–H groups in total. The number of benzene rings is 3. The molecule has 3 aromatic rings. The van der Waals surface area contributed by atoms with Crippen LogP contribution in [0.5, 0.6) is 11.5 Å². The summed E-state index contributed by atoms with van der Waals surface area (Å²) in [6.07, 6.45) is 1.40. The lowest BCUT2D eigenvalue weighted by Crippen LogP contribution is -2.34. The van der Waals surface area contributed by atoms with E-state index in [9.17, 15) is 14.4 Å². The maximum atomic E-state index is 12.4. The van der Waals surface area contributed by atoms with Gasteiger partial charge in [-0.15, -0.1) is 0 Å². The number of rotatable bonds is 8. The lowest BCUT2D eigenvalue weighted by Gasteiger charge is -2.10. The van der Waals surface area contributed by atoms with Crippen molar-refractivity contribution in [1.82, 2.24) is 10.7 Å². The van der Waals surface area contributed by atoms with Gasteiger partial charge in [0.15, 0.2) is 11.5 Å². The molecule has 3 aromatic carbocycles. The lowest BCUT2D eigenvalue weighted by atomic mass is 10.2. The van der Waals surface area contributed by atoms with Crippen molar-refractivity contribution in [1.29, 1.82) is 0 Å². The summed E-state index contributed by atoms with van der Waals surface area (Å²) in [5.41, 5.74) is 3.75. The first-order valence-electron chi connectivity index (χ1n) is 9.87. The summed E-state index contributed by atoms with van der Waals surface area (Å²) in [5.74, 6) is -0.841. The molecule has 0 bridgehead atoms. The molecule has 0 saturated heterocycles.